The molecule has 0 aliphatic carbocycles. The molecule has 0 aliphatic heterocycles. The zero-order chi connectivity index (χ0) is 14.7. The number of hydrogen-bond donors (Lipinski definition) is 0. The van der Waals surface area contributed by atoms with Crippen molar-refractivity contribution in [3.8, 4) is 17.2 Å². The van der Waals surface area contributed by atoms with E-state index in [9.17, 15) is 8.42 Å². The number of para-hydroxylation sites is 1. The molecule has 0 radical (unpaired) electrons. The summed E-state index contributed by atoms with van der Waals surface area (Å²) in [6.07, 6.45) is 1.16. The molecular formula is C14H10N2O4S. The van der Waals surface area contributed by atoms with Crippen LogP contribution in [0.2, 0.25) is 0 Å². The van der Waals surface area contributed by atoms with Gasteiger partial charge in [-0.05, 0) is 24.3 Å². The van der Waals surface area contributed by atoms with E-state index in [2.05, 4.69) is 10.2 Å². The first-order valence-electron chi connectivity index (χ1n) is 6.02. The molecule has 1 heterocycles. The van der Waals surface area contributed by atoms with Gasteiger partial charge in [0.2, 0.25) is 6.39 Å². The van der Waals surface area contributed by atoms with Gasteiger partial charge in [-0.15, -0.1) is 10.2 Å². The summed E-state index contributed by atoms with van der Waals surface area (Å²) in [5.41, 5.74) is 0.412. The van der Waals surface area contributed by atoms with Crippen LogP contribution in [-0.4, -0.2) is 18.6 Å². The number of hydrogen-bond acceptors (Lipinski definition) is 6. The largest absolute Gasteiger partial charge is 0.423 e. The maximum Gasteiger partial charge on any atom is 0.339 e. The first-order chi connectivity index (χ1) is 10.2. The smallest absolute Gasteiger partial charge is 0.339 e. The Bertz CT molecular complexity index is 830. The van der Waals surface area contributed by atoms with Gasteiger partial charge < -0.3 is 8.60 Å². The van der Waals surface area contributed by atoms with Gasteiger partial charge in [0.15, 0.2) is 5.75 Å². The highest BCUT2D eigenvalue weighted by Gasteiger charge is 2.20. The second-order valence-corrected chi connectivity index (χ2v) is 5.64. The van der Waals surface area contributed by atoms with Crippen LogP contribution in [-0.2, 0) is 10.1 Å². The van der Waals surface area contributed by atoms with Gasteiger partial charge >= 0.3 is 10.1 Å². The minimum atomic E-state index is -3.92. The van der Waals surface area contributed by atoms with Crippen LogP contribution in [0.5, 0.6) is 5.75 Å². The zero-order valence-electron chi connectivity index (χ0n) is 10.7. The summed E-state index contributed by atoms with van der Waals surface area (Å²) in [5, 5.41) is 7.33. The van der Waals surface area contributed by atoms with Crippen molar-refractivity contribution in [3.63, 3.8) is 0 Å². The second kappa shape index (κ2) is 5.37. The molecule has 0 spiro atoms. The van der Waals surface area contributed by atoms with Crippen LogP contribution in [0.1, 0.15) is 0 Å². The molecule has 1 aromatic heterocycles. The van der Waals surface area contributed by atoms with E-state index in [1.807, 2.05) is 0 Å². The Labute approximate surface area is 121 Å². The minimum absolute atomic E-state index is 0.0744. The molecule has 106 valence electrons. The third kappa shape index (κ3) is 2.77. The van der Waals surface area contributed by atoms with E-state index in [1.54, 1.807) is 36.4 Å². The highest BCUT2D eigenvalue weighted by atomic mass is 32.2. The Morgan fingerprint density at radius 3 is 2.38 bits per heavy atom. The van der Waals surface area contributed by atoms with E-state index in [0.29, 0.717) is 5.56 Å². The van der Waals surface area contributed by atoms with Gasteiger partial charge in [-0.2, -0.15) is 8.42 Å². The molecule has 0 N–H and O–H groups in total. The summed E-state index contributed by atoms with van der Waals surface area (Å²) < 4.78 is 34.7. The third-order valence-electron chi connectivity index (χ3n) is 2.71. The highest BCUT2D eigenvalue weighted by molar-refractivity contribution is 7.87. The van der Waals surface area contributed by atoms with E-state index in [1.165, 1.54) is 18.2 Å². The molecule has 3 rings (SSSR count). The first kappa shape index (κ1) is 13.3. The molecule has 21 heavy (non-hydrogen) atoms. The molecule has 0 unspecified atom stereocenters. The van der Waals surface area contributed by atoms with Crippen molar-refractivity contribution in [1.29, 1.82) is 0 Å². The van der Waals surface area contributed by atoms with Crippen molar-refractivity contribution in [1.82, 2.24) is 10.2 Å². The predicted molar refractivity (Wildman–Crippen MR) is 74.0 cm³/mol. The minimum Gasteiger partial charge on any atom is -0.423 e. The Hall–Kier alpha value is -2.67. The Kier molecular flexibility index (Phi) is 3.41. The molecule has 0 fully saturated rings. The Morgan fingerprint density at radius 2 is 1.67 bits per heavy atom. The molecule has 7 heteroatoms. The zero-order valence-corrected chi connectivity index (χ0v) is 11.5. The molecule has 0 aliphatic rings. The van der Waals surface area contributed by atoms with E-state index in [-0.39, 0.29) is 16.5 Å². The molecule has 0 bridgehead atoms. The van der Waals surface area contributed by atoms with Gasteiger partial charge in [-0.1, -0.05) is 30.3 Å². The highest BCUT2D eigenvalue weighted by Crippen LogP contribution is 2.30. The molecule has 0 saturated heterocycles. The molecule has 3 aromatic rings. The number of nitrogens with zero attached hydrogens (tertiary/aromatic N) is 2. The molecule has 6 nitrogen and oxygen atoms in total. The fourth-order valence-corrected chi connectivity index (χ4v) is 2.73. The average molecular weight is 302 g/mol. The van der Waals surface area contributed by atoms with E-state index in [0.717, 1.165) is 6.39 Å². The summed E-state index contributed by atoms with van der Waals surface area (Å²) >= 11 is 0. The number of rotatable bonds is 4. The van der Waals surface area contributed by atoms with Gasteiger partial charge in [0.05, 0.1) is 5.56 Å². The Balaban J connectivity index is 2.00. The topological polar surface area (TPSA) is 82.3 Å². The van der Waals surface area contributed by atoms with Crippen LogP contribution in [0.25, 0.3) is 11.5 Å². The average Bonchev–Trinajstić information content (AvgIpc) is 3.02. The maximum atomic E-state index is 12.2. The normalized spacial score (nSPS) is 11.2. The quantitative estimate of drug-likeness (QED) is 0.689. The summed E-state index contributed by atoms with van der Waals surface area (Å²) in [5.74, 6) is 0.319. The lowest BCUT2D eigenvalue weighted by atomic mass is 10.2. The van der Waals surface area contributed by atoms with E-state index < -0.39 is 10.1 Å². The van der Waals surface area contributed by atoms with Gasteiger partial charge in [0, 0.05) is 0 Å². The fourth-order valence-electron chi connectivity index (χ4n) is 1.76. The van der Waals surface area contributed by atoms with Gasteiger partial charge in [-0.25, -0.2) is 0 Å². The molecule has 0 atom stereocenters. The van der Waals surface area contributed by atoms with Crippen molar-refractivity contribution >= 4 is 10.1 Å². The van der Waals surface area contributed by atoms with Crippen molar-refractivity contribution in [3.05, 3.63) is 61.0 Å². The molecule has 0 amide bonds. The van der Waals surface area contributed by atoms with Crippen LogP contribution in [0.3, 0.4) is 0 Å². The number of aromatic nitrogens is 2. The lowest BCUT2D eigenvalue weighted by Gasteiger charge is -2.09. The number of benzene rings is 2. The van der Waals surface area contributed by atoms with Crippen molar-refractivity contribution in [2.45, 2.75) is 4.90 Å². The Morgan fingerprint density at radius 1 is 0.952 bits per heavy atom. The summed E-state index contributed by atoms with van der Waals surface area (Å²) in [7, 11) is -3.92. The molecule has 0 saturated carbocycles. The van der Waals surface area contributed by atoms with Crippen LogP contribution in [0.4, 0.5) is 0 Å². The fraction of sp³-hybridized carbons (Fsp3) is 0. The van der Waals surface area contributed by atoms with Crippen LogP contribution < -0.4 is 4.18 Å². The van der Waals surface area contributed by atoms with Gasteiger partial charge in [0.25, 0.3) is 5.89 Å². The second-order valence-electron chi connectivity index (χ2n) is 4.09. The summed E-state index contributed by atoms with van der Waals surface area (Å²) in [4.78, 5) is 0.0744. The third-order valence-corrected chi connectivity index (χ3v) is 3.96. The lowest BCUT2D eigenvalue weighted by molar-refractivity contribution is 0.485. The predicted octanol–water partition coefficient (Wildman–Crippen LogP) is 2.50. The standard InChI is InChI=1S/C14H10N2O4S/c17-21(18,11-6-2-1-3-7-11)20-13-9-5-4-8-12(13)14-16-15-10-19-14/h1-10H. The summed E-state index contributed by atoms with van der Waals surface area (Å²) in [6, 6.07) is 14.5. The van der Waals surface area contributed by atoms with Gasteiger partial charge in [0.1, 0.15) is 4.90 Å². The maximum absolute atomic E-state index is 12.2. The van der Waals surface area contributed by atoms with Gasteiger partial charge in [-0.3, -0.25) is 0 Å². The SMILES string of the molecule is O=S(=O)(Oc1ccccc1-c1nnco1)c1ccccc1. The van der Waals surface area contributed by atoms with Crippen molar-refractivity contribution in [2.24, 2.45) is 0 Å². The summed E-state index contributed by atoms with van der Waals surface area (Å²) in [6.45, 7) is 0. The van der Waals surface area contributed by atoms with Crippen LogP contribution in [0.15, 0.2) is 70.3 Å². The first-order valence-corrected chi connectivity index (χ1v) is 7.43. The molecule has 2 aromatic carbocycles. The molecular weight excluding hydrogens is 292 g/mol. The van der Waals surface area contributed by atoms with E-state index in [4.69, 9.17) is 8.60 Å². The van der Waals surface area contributed by atoms with Crippen molar-refractivity contribution < 1.29 is 17.0 Å². The van der Waals surface area contributed by atoms with E-state index >= 15 is 0 Å². The monoisotopic (exact) mass is 302 g/mol. The van der Waals surface area contributed by atoms with Crippen LogP contribution in [0, 0.1) is 0 Å². The van der Waals surface area contributed by atoms with Crippen molar-refractivity contribution in [2.75, 3.05) is 0 Å². The lowest BCUT2D eigenvalue weighted by Crippen LogP contribution is -2.10. The van der Waals surface area contributed by atoms with Crippen LogP contribution >= 0.6 is 0 Å².